The Hall–Kier alpha value is -0.140. The number of nitrogens with two attached hydrogens (primary N) is 1. The number of hydrogen-bond donors (Lipinski definition) is 2. The van der Waals surface area contributed by atoms with Gasteiger partial charge < -0.3 is 0 Å². The van der Waals surface area contributed by atoms with Crippen LogP contribution in [0.2, 0.25) is 0 Å². The van der Waals surface area contributed by atoms with E-state index in [1.54, 1.807) is 0 Å². The Labute approximate surface area is 38.5 Å². The normalized spacial score (nSPS) is 7.67. The first-order chi connectivity index (χ1) is 2.81. The Morgan fingerprint density at radius 3 is 2.50 bits per heavy atom. The predicted molar refractivity (Wildman–Crippen MR) is 26.9 cm³/mol. The van der Waals surface area contributed by atoms with E-state index in [9.17, 15) is 4.79 Å². The summed E-state index contributed by atoms with van der Waals surface area (Å²) in [5.74, 6) is 4.50. The van der Waals surface area contributed by atoms with Gasteiger partial charge in [0.25, 0.3) is 0 Å². The van der Waals surface area contributed by atoms with Crippen LogP contribution >= 0.6 is 9.24 Å². The van der Waals surface area contributed by atoms with Crippen molar-refractivity contribution in [3.05, 3.63) is 0 Å². The van der Waals surface area contributed by atoms with Crippen LogP contribution in [0.1, 0.15) is 0 Å². The number of rotatable bonds is 1. The lowest BCUT2D eigenvalue weighted by atomic mass is 10.8. The SMILES string of the molecule is NNC(=O)CP. The van der Waals surface area contributed by atoms with Gasteiger partial charge in [0, 0.05) is 6.16 Å². The molecule has 1 amide bonds. The van der Waals surface area contributed by atoms with Crippen LogP contribution in [0.3, 0.4) is 0 Å². The summed E-state index contributed by atoms with van der Waals surface area (Å²) in [5, 5.41) is 0. The molecule has 3 N–H and O–H groups in total. The van der Waals surface area contributed by atoms with Gasteiger partial charge in [-0.2, -0.15) is 0 Å². The summed E-state index contributed by atoms with van der Waals surface area (Å²) < 4.78 is 0. The minimum Gasteiger partial charge on any atom is -0.294 e. The number of carbonyl (C=O) groups is 1. The first-order valence-electron chi connectivity index (χ1n) is 1.50. The van der Waals surface area contributed by atoms with Gasteiger partial charge in [0.2, 0.25) is 5.91 Å². The molecule has 0 aromatic rings. The lowest BCUT2D eigenvalue weighted by Crippen LogP contribution is -2.30. The van der Waals surface area contributed by atoms with E-state index in [-0.39, 0.29) is 5.91 Å². The van der Waals surface area contributed by atoms with Crippen LogP contribution in [0.5, 0.6) is 0 Å². The van der Waals surface area contributed by atoms with E-state index in [0.29, 0.717) is 6.16 Å². The molecule has 0 aliphatic carbocycles. The molecule has 4 heteroatoms. The zero-order valence-corrected chi connectivity index (χ0v) is 4.42. The van der Waals surface area contributed by atoms with Crippen molar-refractivity contribution in [3.8, 4) is 0 Å². The van der Waals surface area contributed by atoms with Crippen molar-refractivity contribution in [2.75, 3.05) is 6.16 Å². The van der Waals surface area contributed by atoms with Crippen molar-refractivity contribution >= 4 is 15.1 Å². The number of hydrazine groups is 1. The summed E-state index contributed by atoms with van der Waals surface area (Å²) in [6, 6.07) is 0. The second kappa shape index (κ2) is 3.07. The van der Waals surface area contributed by atoms with E-state index in [4.69, 9.17) is 0 Å². The maximum absolute atomic E-state index is 9.92. The summed E-state index contributed by atoms with van der Waals surface area (Å²) >= 11 is 0. The van der Waals surface area contributed by atoms with Crippen LogP contribution in [-0.2, 0) is 4.79 Å². The zero-order chi connectivity index (χ0) is 4.99. The van der Waals surface area contributed by atoms with Crippen LogP contribution in [0, 0.1) is 0 Å². The molecule has 0 aromatic heterocycles. The molecule has 0 bridgehead atoms. The van der Waals surface area contributed by atoms with Gasteiger partial charge in [0.1, 0.15) is 0 Å². The number of amides is 1. The van der Waals surface area contributed by atoms with Crippen LogP contribution in [0.4, 0.5) is 0 Å². The molecular weight excluding hydrogens is 99.0 g/mol. The van der Waals surface area contributed by atoms with Crippen LogP contribution in [-0.4, -0.2) is 12.1 Å². The summed E-state index contributed by atoms with van der Waals surface area (Å²) in [6.45, 7) is 0. The molecule has 0 radical (unpaired) electrons. The van der Waals surface area contributed by atoms with Gasteiger partial charge in [-0.1, -0.05) is 0 Å². The molecule has 3 nitrogen and oxygen atoms in total. The highest BCUT2D eigenvalue weighted by Crippen LogP contribution is 1.74. The highest BCUT2D eigenvalue weighted by Gasteiger charge is 1.85. The Balaban J connectivity index is 2.99. The fourth-order valence-corrected chi connectivity index (χ4v) is 0.177. The Kier molecular flexibility index (Phi) is 2.99. The highest BCUT2D eigenvalue weighted by atomic mass is 31.0. The highest BCUT2D eigenvalue weighted by molar-refractivity contribution is 7.18. The summed E-state index contributed by atoms with van der Waals surface area (Å²) in [6.07, 6.45) is 0.372. The molecule has 0 spiro atoms. The van der Waals surface area contributed by atoms with Crippen LogP contribution in [0.15, 0.2) is 0 Å². The average molecular weight is 106 g/mol. The standard InChI is InChI=1S/C2H7N2OP/c3-4-2(5)1-6/h1,3,6H2,(H,4,5). The Morgan fingerprint density at radius 1 is 2.00 bits per heavy atom. The molecule has 0 heterocycles. The fourth-order valence-electron chi connectivity index (χ4n) is 0.0589. The van der Waals surface area contributed by atoms with Gasteiger partial charge in [-0.25, -0.2) is 5.84 Å². The molecule has 0 rings (SSSR count). The number of carbonyl (C=O) groups excluding carboxylic acids is 1. The lowest BCUT2D eigenvalue weighted by molar-refractivity contribution is -0.118. The van der Waals surface area contributed by atoms with Crippen LogP contribution in [0.25, 0.3) is 0 Å². The van der Waals surface area contributed by atoms with Crippen LogP contribution < -0.4 is 11.3 Å². The third-order valence-corrected chi connectivity index (χ3v) is 0.717. The first kappa shape index (κ1) is 5.86. The molecule has 0 aromatic carbocycles. The molecule has 0 fully saturated rings. The first-order valence-corrected chi connectivity index (χ1v) is 2.32. The van der Waals surface area contributed by atoms with E-state index >= 15 is 0 Å². The quantitative estimate of drug-likeness (QED) is 0.192. The van der Waals surface area contributed by atoms with E-state index in [2.05, 4.69) is 15.1 Å². The minimum absolute atomic E-state index is 0.167. The molecule has 1 unspecified atom stereocenters. The summed E-state index contributed by atoms with van der Waals surface area (Å²) in [7, 11) is 2.25. The third-order valence-electron chi connectivity index (χ3n) is 0.346. The molecule has 6 heavy (non-hydrogen) atoms. The predicted octanol–water partition coefficient (Wildman–Crippen LogP) is -1.15. The second-order valence-electron chi connectivity index (χ2n) is 0.772. The summed E-state index contributed by atoms with van der Waals surface area (Å²) in [5.41, 5.74) is 1.95. The van der Waals surface area contributed by atoms with Gasteiger partial charge in [0.15, 0.2) is 0 Å². The maximum Gasteiger partial charge on any atom is 0.237 e. The van der Waals surface area contributed by atoms with E-state index in [1.165, 1.54) is 0 Å². The topological polar surface area (TPSA) is 55.1 Å². The monoisotopic (exact) mass is 106 g/mol. The molecule has 0 saturated heterocycles. The van der Waals surface area contributed by atoms with Crippen molar-refractivity contribution in [3.63, 3.8) is 0 Å². The average Bonchev–Trinajstić information content (AvgIpc) is 1.65. The molecule has 36 valence electrons. The number of nitrogens with one attached hydrogen (secondary N) is 1. The van der Waals surface area contributed by atoms with Crippen molar-refractivity contribution in [2.45, 2.75) is 0 Å². The van der Waals surface area contributed by atoms with Crippen molar-refractivity contribution in [2.24, 2.45) is 5.84 Å². The zero-order valence-electron chi connectivity index (χ0n) is 3.27. The largest absolute Gasteiger partial charge is 0.294 e. The molecule has 0 saturated carbocycles. The number of hydrogen-bond acceptors (Lipinski definition) is 2. The van der Waals surface area contributed by atoms with E-state index in [1.807, 2.05) is 5.43 Å². The fraction of sp³-hybridized carbons (Fsp3) is 0.500. The molecule has 1 atom stereocenters. The Bertz CT molecular complexity index is 49.5. The maximum atomic E-state index is 9.92. The van der Waals surface area contributed by atoms with Gasteiger partial charge in [-0.15, -0.1) is 9.24 Å². The van der Waals surface area contributed by atoms with Crippen molar-refractivity contribution < 1.29 is 4.79 Å². The molecular formula is C2H7N2OP. The van der Waals surface area contributed by atoms with Gasteiger partial charge in [-0.3, -0.25) is 10.2 Å². The van der Waals surface area contributed by atoms with Gasteiger partial charge >= 0.3 is 0 Å². The smallest absolute Gasteiger partial charge is 0.237 e. The van der Waals surface area contributed by atoms with Gasteiger partial charge in [-0.05, 0) is 0 Å². The van der Waals surface area contributed by atoms with E-state index < -0.39 is 0 Å². The van der Waals surface area contributed by atoms with Gasteiger partial charge in [0.05, 0.1) is 0 Å². The third kappa shape index (κ3) is 2.12. The second-order valence-corrected chi connectivity index (χ2v) is 1.18. The van der Waals surface area contributed by atoms with Crippen molar-refractivity contribution in [1.29, 1.82) is 0 Å². The lowest BCUT2D eigenvalue weighted by Gasteiger charge is -1.87. The summed E-state index contributed by atoms with van der Waals surface area (Å²) in [4.78, 5) is 9.92. The molecule has 0 aliphatic heterocycles. The Morgan fingerprint density at radius 2 is 2.50 bits per heavy atom. The molecule has 0 aliphatic rings. The van der Waals surface area contributed by atoms with E-state index in [0.717, 1.165) is 0 Å². The minimum atomic E-state index is -0.167. The van der Waals surface area contributed by atoms with Crippen molar-refractivity contribution in [1.82, 2.24) is 5.43 Å².